The van der Waals surface area contributed by atoms with E-state index in [1.165, 1.54) is 6.07 Å². The lowest BCUT2D eigenvalue weighted by molar-refractivity contribution is 0.484. The van der Waals surface area contributed by atoms with Crippen molar-refractivity contribution in [2.45, 2.75) is 11.8 Å². The molecule has 0 amide bonds. The predicted molar refractivity (Wildman–Crippen MR) is 142 cm³/mol. The Kier molecular flexibility index (Phi) is 6.05. The van der Waals surface area contributed by atoms with Gasteiger partial charge in [0.05, 0.1) is 17.6 Å². The van der Waals surface area contributed by atoms with Gasteiger partial charge in [0.2, 0.25) is 0 Å². The molecular weight excluding hydrogens is 472 g/mol. The molecule has 0 aliphatic carbocycles. The highest BCUT2D eigenvalue weighted by Gasteiger charge is 2.18. The number of anilines is 1. The van der Waals surface area contributed by atoms with Crippen LogP contribution in [0.15, 0.2) is 112 Å². The van der Waals surface area contributed by atoms with Gasteiger partial charge in [-0.1, -0.05) is 78.9 Å². The van der Waals surface area contributed by atoms with E-state index in [2.05, 4.69) is 33.4 Å². The molecular formula is C28H22N4O3S. The Balaban J connectivity index is 1.54. The molecule has 0 atom stereocenters. The van der Waals surface area contributed by atoms with E-state index in [0.717, 1.165) is 27.9 Å². The molecule has 0 saturated heterocycles. The normalized spacial score (nSPS) is 11.8. The molecule has 1 heterocycles. The van der Waals surface area contributed by atoms with Gasteiger partial charge in [-0.05, 0) is 35.7 Å². The summed E-state index contributed by atoms with van der Waals surface area (Å²) in [7, 11) is -4.49. The summed E-state index contributed by atoms with van der Waals surface area (Å²) in [5, 5.41) is 9.22. The number of hydrogen-bond donors (Lipinski definition) is 2. The van der Waals surface area contributed by atoms with Crippen molar-refractivity contribution in [2.75, 3.05) is 5.73 Å². The fourth-order valence-corrected chi connectivity index (χ4v) is 4.93. The lowest BCUT2D eigenvalue weighted by Crippen LogP contribution is -2.01. The van der Waals surface area contributed by atoms with Crippen LogP contribution in [0.3, 0.4) is 0 Å². The molecule has 4 aromatic carbocycles. The Morgan fingerprint density at radius 3 is 2.14 bits per heavy atom. The van der Waals surface area contributed by atoms with E-state index in [-0.39, 0.29) is 16.3 Å². The van der Waals surface area contributed by atoms with Gasteiger partial charge in [0.25, 0.3) is 10.1 Å². The zero-order valence-corrected chi connectivity index (χ0v) is 20.1. The van der Waals surface area contributed by atoms with Crippen molar-refractivity contribution in [3.63, 3.8) is 0 Å². The monoisotopic (exact) mass is 494 g/mol. The fraction of sp³-hybridized carbons (Fsp3) is 0.0357. The first-order valence-corrected chi connectivity index (χ1v) is 12.6. The summed E-state index contributed by atoms with van der Waals surface area (Å²) in [6.07, 6.45) is 1.61. The second-order valence-electron chi connectivity index (χ2n) is 8.30. The van der Waals surface area contributed by atoms with E-state index in [1.807, 2.05) is 49.4 Å². The first kappa shape index (κ1) is 23.3. The van der Waals surface area contributed by atoms with Crippen LogP contribution in [0.25, 0.3) is 33.2 Å². The molecule has 0 spiro atoms. The van der Waals surface area contributed by atoms with Gasteiger partial charge in [-0.15, -0.1) is 10.2 Å². The third kappa shape index (κ3) is 4.47. The second-order valence-corrected chi connectivity index (χ2v) is 9.69. The largest absolute Gasteiger partial charge is 0.396 e. The molecule has 5 rings (SSSR count). The maximum absolute atomic E-state index is 12.0. The molecule has 36 heavy (non-hydrogen) atoms. The summed E-state index contributed by atoms with van der Waals surface area (Å²) in [5.74, 6) is 0. The van der Waals surface area contributed by atoms with Crippen molar-refractivity contribution in [1.82, 2.24) is 4.98 Å². The Morgan fingerprint density at radius 1 is 0.806 bits per heavy atom. The molecule has 8 heteroatoms. The molecule has 0 aliphatic heterocycles. The molecule has 0 aliphatic rings. The number of nitrogen functional groups attached to an aromatic ring is 1. The summed E-state index contributed by atoms with van der Waals surface area (Å²) < 4.78 is 33.6. The van der Waals surface area contributed by atoms with Gasteiger partial charge in [0.15, 0.2) is 0 Å². The van der Waals surface area contributed by atoms with Crippen LogP contribution < -0.4 is 5.73 Å². The Hall–Kier alpha value is -4.40. The number of pyridine rings is 1. The van der Waals surface area contributed by atoms with E-state index in [9.17, 15) is 13.0 Å². The van der Waals surface area contributed by atoms with Crippen LogP contribution in [-0.4, -0.2) is 18.0 Å². The lowest BCUT2D eigenvalue weighted by atomic mass is 9.95. The highest BCUT2D eigenvalue weighted by molar-refractivity contribution is 7.86. The molecule has 178 valence electrons. The Bertz CT molecular complexity index is 1730. The van der Waals surface area contributed by atoms with E-state index in [4.69, 9.17) is 5.73 Å². The van der Waals surface area contributed by atoms with Gasteiger partial charge in [0, 0.05) is 16.3 Å². The first-order chi connectivity index (χ1) is 17.3. The van der Waals surface area contributed by atoms with Gasteiger partial charge in [-0.3, -0.25) is 9.54 Å². The maximum atomic E-state index is 12.0. The fourth-order valence-electron chi connectivity index (χ4n) is 4.21. The molecule has 0 saturated carbocycles. The maximum Gasteiger partial charge on any atom is 0.295 e. The van der Waals surface area contributed by atoms with Crippen molar-refractivity contribution in [3.05, 3.63) is 103 Å². The molecule has 7 nitrogen and oxygen atoms in total. The van der Waals surface area contributed by atoms with Crippen LogP contribution in [-0.2, 0) is 10.1 Å². The van der Waals surface area contributed by atoms with Crippen molar-refractivity contribution in [2.24, 2.45) is 10.2 Å². The van der Waals surface area contributed by atoms with Crippen LogP contribution in [0.4, 0.5) is 17.1 Å². The third-order valence-electron chi connectivity index (χ3n) is 5.91. The SMILES string of the molecule is Cc1cc(/N=N/c2cc(S(=O)(=O)O)c3ccccc3c2N)cnc1-c1ccccc1-c1ccccc1. The standard InChI is InChI=1S/C28H22N4O3S/c1-18-15-20(17-30-28(18)24-14-8-5-11-21(24)19-9-3-2-4-10-19)31-32-25-16-26(36(33,34)35)22-12-6-7-13-23(22)27(25)29/h2-17H,29H2,1H3,(H,33,34,35)/b32-31+. The molecule has 1 aromatic heterocycles. The molecule has 5 aromatic rings. The molecule has 3 N–H and O–H groups in total. The van der Waals surface area contributed by atoms with Gasteiger partial charge < -0.3 is 5.73 Å². The van der Waals surface area contributed by atoms with Crippen LogP contribution in [0, 0.1) is 6.92 Å². The predicted octanol–water partition coefficient (Wildman–Crippen LogP) is 7.12. The smallest absolute Gasteiger partial charge is 0.295 e. The zero-order chi connectivity index (χ0) is 25.3. The molecule has 0 bridgehead atoms. The highest BCUT2D eigenvalue weighted by Crippen LogP contribution is 2.37. The molecule has 0 radical (unpaired) electrons. The average Bonchev–Trinajstić information content (AvgIpc) is 2.88. The van der Waals surface area contributed by atoms with E-state index in [0.29, 0.717) is 16.5 Å². The van der Waals surface area contributed by atoms with E-state index < -0.39 is 10.1 Å². The quantitative estimate of drug-likeness (QED) is 0.153. The summed E-state index contributed by atoms with van der Waals surface area (Å²) in [4.78, 5) is 4.38. The van der Waals surface area contributed by atoms with Crippen molar-refractivity contribution in [3.8, 4) is 22.4 Å². The van der Waals surface area contributed by atoms with Crippen LogP contribution >= 0.6 is 0 Å². The minimum absolute atomic E-state index is 0.137. The number of rotatable bonds is 5. The Labute approximate surface area is 208 Å². The molecule has 0 unspecified atom stereocenters. The van der Waals surface area contributed by atoms with Crippen LogP contribution in [0.5, 0.6) is 0 Å². The number of nitrogens with two attached hydrogens (primary N) is 1. The van der Waals surface area contributed by atoms with Crippen LogP contribution in [0.1, 0.15) is 5.56 Å². The zero-order valence-electron chi connectivity index (χ0n) is 19.3. The first-order valence-electron chi connectivity index (χ1n) is 11.1. The minimum atomic E-state index is -4.49. The number of aryl methyl sites for hydroxylation is 1. The number of azo groups is 1. The number of hydrogen-bond acceptors (Lipinski definition) is 6. The van der Waals surface area contributed by atoms with Gasteiger partial charge in [0.1, 0.15) is 16.3 Å². The van der Waals surface area contributed by atoms with Crippen molar-refractivity contribution < 1.29 is 13.0 Å². The third-order valence-corrected chi connectivity index (χ3v) is 6.80. The lowest BCUT2D eigenvalue weighted by Gasteiger charge is -2.12. The van der Waals surface area contributed by atoms with Gasteiger partial charge in [-0.2, -0.15) is 8.42 Å². The summed E-state index contributed by atoms with van der Waals surface area (Å²) in [6.45, 7) is 1.95. The number of fused-ring (bicyclic) bond motifs is 1. The van der Waals surface area contributed by atoms with Gasteiger partial charge >= 0.3 is 0 Å². The van der Waals surface area contributed by atoms with Crippen molar-refractivity contribution >= 4 is 38.0 Å². The summed E-state index contributed by atoms with van der Waals surface area (Å²) in [6, 6.07) is 27.9. The van der Waals surface area contributed by atoms with Crippen molar-refractivity contribution in [1.29, 1.82) is 0 Å². The summed E-state index contributed by atoms with van der Waals surface area (Å²) >= 11 is 0. The number of nitrogens with zero attached hydrogens (tertiary/aromatic N) is 3. The van der Waals surface area contributed by atoms with Gasteiger partial charge in [-0.25, -0.2) is 0 Å². The second kappa shape index (κ2) is 9.33. The molecule has 0 fully saturated rings. The van der Waals surface area contributed by atoms with Crippen LogP contribution in [0.2, 0.25) is 0 Å². The minimum Gasteiger partial charge on any atom is -0.396 e. The average molecular weight is 495 g/mol. The summed E-state index contributed by atoms with van der Waals surface area (Å²) in [5.41, 5.74) is 12.0. The highest BCUT2D eigenvalue weighted by atomic mass is 32.2. The van der Waals surface area contributed by atoms with E-state index >= 15 is 0 Å². The number of benzene rings is 4. The van der Waals surface area contributed by atoms with E-state index in [1.54, 1.807) is 30.5 Å². The number of aromatic nitrogens is 1. The topological polar surface area (TPSA) is 118 Å². The Morgan fingerprint density at radius 2 is 1.44 bits per heavy atom.